The van der Waals surface area contributed by atoms with Gasteiger partial charge in [-0.1, -0.05) is 0 Å². The molecule has 0 aromatic heterocycles. The molecule has 1 unspecified atom stereocenters. The number of aliphatic hydroxyl groups is 5. The number of aliphatic hydroxyl groups excluding tert-OH is 5. The first kappa shape index (κ1) is 99.9. The molecular weight excluding hydrogens is 1850 g/mol. The molecule has 0 saturated carbocycles. The van der Waals surface area contributed by atoms with Gasteiger partial charge in [0, 0.05) is 0 Å². The van der Waals surface area contributed by atoms with E-state index in [1.807, 2.05) is 0 Å². The zero-order valence-electron chi connectivity index (χ0n) is 57.6. The van der Waals surface area contributed by atoms with Crippen LogP contribution in [-0.4, -0.2) is 383 Å². The van der Waals surface area contributed by atoms with E-state index in [1.54, 1.807) is 0 Å². The van der Waals surface area contributed by atoms with Crippen molar-refractivity contribution < 1.29 is 276 Å². The van der Waals surface area contributed by atoms with Crippen LogP contribution in [0.3, 0.4) is 0 Å². The van der Waals surface area contributed by atoms with Crippen LogP contribution in [-0.2, 0) is 222 Å². The smallest absolute Gasteiger partial charge is 0.388 e. The van der Waals surface area contributed by atoms with Crippen molar-refractivity contribution in [1.82, 2.24) is 0 Å². The Hall–Kier alpha value is -2.15. The second kappa shape index (κ2) is 37.0. The third kappa shape index (κ3) is 28.7. The van der Waals surface area contributed by atoms with E-state index < -0.39 is 329 Å². The maximum Gasteiger partial charge on any atom is 0.397 e. The predicted molar refractivity (Wildman–Crippen MR) is 336 cm³/mol. The van der Waals surface area contributed by atoms with Crippen LogP contribution in [0, 0.1) is 0 Å². The second-order valence-electron chi connectivity index (χ2n) is 24.9. The third-order valence-corrected chi connectivity index (χ3v) is 21.6. The molecule has 7 fully saturated rings. The molecule has 62 nitrogen and oxygen atoms in total. The molecule has 0 spiro atoms. The maximum atomic E-state index is 13.5. The van der Waals surface area contributed by atoms with Crippen LogP contribution in [0.1, 0.15) is 48.5 Å². The molecule has 678 valence electrons. The summed E-state index contributed by atoms with van der Waals surface area (Å²) in [5, 5.41) is 57.4. The monoisotopic (exact) mass is 1920 g/mol. The Kier molecular flexibility index (Phi) is 32.1. The largest absolute Gasteiger partial charge is 0.397 e. The second-order valence-corrected chi connectivity index (χ2v) is 36.5. The first-order valence-corrected chi connectivity index (χ1v) is 45.9. The average molecular weight is 1920 g/mol. The van der Waals surface area contributed by atoms with E-state index in [4.69, 9.17) is 69.9 Å². The van der Waals surface area contributed by atoms with E-state index in [2.05, 4.69) is 37.6 Å². The topological polar surface area (TPSA) is 921 Å². The molecule has 16 N–H and O–H groups in total. The van der Waals surface area contributed by atoms with Gasteiger partial charge in [-0.2, -0.15) is 92.6 Å². The predicted octanol–water partition coefficient (Wildman–Crippen LogP) is -11.0. The van der Waals surface area contributed by atoms with Crippen molar-refractivity contribution in [3.05, 3.63) is 0 Å². The average Bonchev–Trinajstić information content (AvgIpc) is 0.743. The van der Waals surface area contributed by atoms with Crippen molar-refractivity contribution >= 4 is 114 Å². The summed E-state index contributed by atoms with van der Waals surface area (Å²) in [7, 11) is -67.4. The Morgan fingerprint density at radius 3 is 0.783 bits per heavy atom. The quantitative estimate of drug-likeness (QED) is 0.0266. The molecule has 0 amide bonds. The molecule has 0 aliphatic carbocycles. The highest BCUT2D eigenvalue weighted by atomic mass is 32.3. The van der Waals surface area contributed by atoms with Crippen molar-refractivity contribution in [2.24, 2.45) is 0 Å². The van der Waals surface area contributed by atoms with Crippen molar-refractivity contribution in [2.45, 2.75) is 263 Å². The van der Waals surface area contributed by atoms with Crippen LogP contribution < -0.4 is 0 Å². The molecule has 0 aromatic carbocycles. The highest BCUT2D eigenvalue weighted by Gasteiger charge is 2.64. The van der Waals surface area contributed by atoms with Gasteiger partial charge >= 0.3 is 114 Å². The molecule has 73 heteroatoms. The summed E-state index contributed by atoms with van der Waals surface area (Å²) in [6.45, 7) is 4.81. The Balaban J connectivity index is 1.53. The fourth-order valence-electron chi connectivity index (χ4n) is 12.3. The van der Waals surface area contributed by atoms with Gasteiger partial charge in [-0.25, -0.2) is 46.0 Å². The van der Waals surface area contributed by atoms with Crippen LogP contribution in [0.4, 0.5) is 0 Å². The Morgan fingerprint density at radius 2 is 0.383 bits per heavy atom. The summed E-state index contributed by atoms with van der Waals surface area (Å²) >= 11 is 0. The lowest BCUT2D eigenvalue weighted by atomic mass is 9.95. The molecule has 7 aliphatic heterocycles. The fraction of sp³-hybridized carbons (Fsp3) is 1.00. The number of hydrogen-bond donors (Lipinski definition) is 16. The van der Waals surface area contributed by atoms with Gasteiger partial charge in [0.2, 0.25) is 0 Å². The summed E-state index contributed by atoms with van der Waals surface area (Å²) in [6, 6.07) is 0. The van der Waals surface area contributed by atoms with Crippen LogP contribution in [0.2, 0.25) is 0 Å². The maximum absolute atomic E-state index is 13.5. The molecular formula is C42H72O62S11. The molecule has 35 atom stereocenters. The van der Waals surface area contributed by atoms with Crippen LogP contribution in [0.15, 0.2) is 0 Å². The van der Waals surface area contributed by atoms with Gasteiger partial charge in [0.15, 0.2) is 68.4 Å². The minimum Gasteiger partial charge on any atom is -0.388 e. The Bertz CT molecular complexity index is 4640. The van der Waals surface area contributed by atoms with E-state index in [0.717, 1.165) is 13.8 Å². The van der Waals surface area contributed by atoms with E-state index in [9.17, 15) is 168 Å². The summed E-state index contributed by atoms with van der Waals surface area (Å²) in [5.74, 6) is 0. The van der Waals surface area contributed by atoms with Crippen molar-refractivity contribution in [1.29, 1.82) is 0 Å². The van der Waals surface area contributed by atoms with Crippen molar-refractivity contribution in [3.63, 3.8) is 0 Å². The Labute approximate surface area is 650 Å². The van der Waals surface area contributed by atoms with Gasteiger partial charge in [0.05, 0.1) is 42.7 Å². The fourth-order valence-corrected chi connectivity index (χ4v) is 18.0. The minimum absolute atomic E-state index is 0.556. The standard InChI is InChI=1S/C42H72O62S11/c1-8-15(43)25(99-110(63,64)65)17(45)37(82-8)88-20-10(3)85-41(34(103-114(75,76)77)28(20)90-38-18(46)26(21(12(5)83-38)95-106(51,52)53)89-39-27(100-111(66,67)68)16(44)19(9(2)84-39)94-105(48,49)50)93-33-30(92-42-35(104-115(78,79)80)31(101-112(69,70)71)24(14(7)87-42)98-109(60,61)62)23(97-108(57,58)59)13(6)86-40(33)91-29-22(96-107(54,55)56)11(4)81-36(47)32(29)102-113(72,73)74/h8-47H,1-7H3,(H,48,49,50)(H,51,52,53)(H,54,55,56)(H,57,58,59)(H,60,61,62)(H,63,64,65)(H,66,67,68)(H,69,70,71)(H,72,73,74)(H,75,76,77)(H,78,79,80)/t8-,9+,10+,11+,12+,13+,14+,15+,16-,17-,18+,19-,20-,21-,22-,23-,24-,25+,26+,27+,28-,29-,30-,31-,32+,33+,34+,35+,36?,37-,38+,39+,40+,41-,42+/m1/s1. The van der Waals surface area contributed by atoms with E-state index in [0.29, 0.717) is 34.6 Å². The lowest BCUT2D eigenvalue weighted by molar-refractivity contribution is -0.410. The summed E-state index contributed by atoms with van der Waals surface area (Å²) in [4.78, 5) is 0. The van der Waals surface area contributed by atoms with Crippen LogP contribution in [0.5, 0.6) is 0 Å². The first-order valence-electron chi connectivity index (χ1n) is 30.9. The van der Waals surface area contributed by atoms with Gasteiger partial charge in [-0.3, -0.25) is 50.1 Å². The Morgan fingerprint density at radius 1 is 0.174 bits per heavy atom. The normalized spacial score (nSPS) is 41.7. The van der Waals surface area contributed by atoms with Gasteiger partial charge in [-0.15, -0.1) is 0 Å². The lowest BCUT2D eigenvalue weighted by Crippen LogP contribution is -2.70. The van der Waals surface area contributed by atoms with Crippen molar-refractivity contribution in [3.8, 4) is 0 Å². The highest BCUT2D eigenvalue weighted by molar-refractivity contribution is 7.83. The summed E-state index contributed by atoms with van der Waals surface area (Å²) < 4.78 is 510. The number of rotatable bonds is 34. The van der Waals surface area contributed by atoms with E-state index in [1.165, 1.54) is 0 Å². The molecule has 7 saturated heterocycles. The van der Waals surface area contributed by atoms with Gasteiger partial charge < -0.3 is 87.1 Å². The minimum atomic E-state index is -6.57. The van der Waals surface area contributed by atoms with Crippen LogP contribution >= 0.6 is 0 Å². The molecule has 0 aromatic rings. The zero-order valence-corrected chi connectivity index (χ0v) is 66.6. The number of ether oxygens (including phenoxy) is 13. The molecule has 7 heterocycles. The molecule has 7 aliphatic rings. The first-order chi connectivity index (χ1) is 51.8. The van der Waals surface area contributed by atoms with Gasteiger partial charge in [0.25, 0.3) is 0 Å². The van der Waals surface area contributed by atoms with Gasteiger partial charge in [0.1, 0.15) is 104 Å². The summed E-state index contributed by atoms with van der Waals surface area (Å²) in [6.07, 6.45) is -100. The SMILES string of the molecule is C[C@@H]1O[C@@H](O[C@H]2[C@H](O)[C@H](O[C@H]3[C@H](OS(=O)(=O)O)[C@@H](O[C@@H]4[C@H](O[C@@H]5[C@H](OS(=O)(=O)O)[C@H](C)OC(O)[C@H]5OS(=O)(=O)O)O[C@@H](C)[C@@H](OS(=O)(=O)O)[C@H]4O[C@@H]4O[C@@H](C)[C@@H](OS(=O)(=O)O)[C@@H](OS(=O)(=O)O)[C@@H]4OS(=O)(=O)O)O[C@@H](C)[C@H]3O[C@H]3O[C@H](C)[C@H](O)[C@H](OS(=O)(=O)O)[C@H]3O)O[C@@H](C)[C@H]2OS(=O)(=O)O)[C@@H](OS(=O)(=O)O)[C@H](O)[C@@H]1OS(=O)(=O)O. The zero-order chi connectivity index (χ0) is 87.7. The van der Waals surface area contributed by atoms with E-state index in [-0.39, 0.29) is 0 Å². The van der Waals surface area contributed by atoms with Crippen LogP contribution in [0.25, 0.3) is 0 Å². The highest BCUT2D eigenvalue weighted by Crippen LogP contribution is 2.44. The van der Waals surface area contributed by atoms with E-state index >= 15 is 0 Å². The molecule has 115 heavy (non-hydrogen) atoms. The van der Waals surface area contributed by atoms with Crippen molar-refractivity contribution in [2.75, 3.05) is 0 Å². The summed E-state index contributed by atoms with van der Waals surface area (Å²) in [5.41, 5.74) is 0. The third-order valence-electron chi connectivity index (χ3n) is 16.5. The number of hydrogen-bond acceptors (Lipinski definition) is 51. The molecule has 0 radical (unpaired) electrons. The molecule has 0 bridgehead atoms. The van der Waals surface area contributed by atoms with Gasteiger partial charge in [-0.05, 0) is 48.5 Å². The molecule has 7 rings (SSSR count). The lowest BCUT2D eigenvalue weighted by Gasteiger charge is -2.52.